The fourth-order valence-electron chi connectivity index (χ4n) is 1.56. The van der Waals surface area contributed by atoms with Gasteiger partial charge >= 0.3 is 11.3 Å². The van der Waals surface area contributed by atoms with E-state index in [0.717, 1.165) is 28.7 Å². The Morgan fingerprint density at radius 2 is 1.79 bits per heavy atom. The molecule has 1 heterocycles. The number of hydrogen-bond donors (Lipinski definition) is 0. The van der Waals surface area contributed by atoms with Crippen LogP contribution in [0.2, 0.25) is 0 Å². The second-order valence-corrected chi connectivity index (χ2v) is 4.97. The highest BCUT2D eigenvalue weighted by Crippen LogP contribution is 2.16. The Kier molecular flexibility index (Phi) is 4.52. The maximum absolute atomic E-state index is 11.7. The average Bonchev–Trinajstić information content (AvgIpc) is 2.36. The van der Waals surface area contributed by atoms with Crippen LogP contribution in [-0.2, 0) is 5.75 Å². The maximum atomic E-state index is 11.7. The van der Waals surface area contributed by atoms with Crippen molar-refractivity contribution >= 4 is 17.1 Å². The molecule has 0 aliphatic rings. The molecule has 2 aromatic rings. The number of aryl methyl sites for hydroxylation is 2. The van der Waals surface area contributed by atoms with Crippen molar-refractivity contribution in [2.24, 2.45) is 0 Å². The quantitative estimate of drug-likeness (QED) is 0.801. The van der Waals surface area contributed by atoms with Gasteiger partial charge in [-0.15, -0.1) is 0 Å². The third-order valence-electron chi connectivity index (χ3n) is 2.34. The van der Waals surface area contributed by atoms with E-state index in [-0.39, 0.29) is 6.01 Å². The van der Waals surface area contributed by atoms with Crippen molar-refractivity contribution in [3.05, 3.63) is 53.3 Å². The highest BCUT2D eigenvalue weighted by Gasteiger charge is 2.09. The van der Waals surface area contributed by atoms with Crippen molar-refractivity contribution < 1.29 is 9.53 Å². The molecule has 0 spiro atoms. The molecule has 0 unspecified atom stereocenters. The van der Waals surface area contributed by atoms with E-state index in [1.54, 1.807) is 0 Å². The standard InChI is InChI=1S/C14H14N2O2S/c1-10-8-11(2)16-13(15-10)18-14(17)19-9-12-6-4-3-5-7-12/h3-8H,9H2,1-2H3. The van der Waals surface area contributed by atoms with Gasteiger partial charge in [0.2, 0.25) is 0 Å². The number of carbonyl (C=O) groups excluding carboxylic acids is 1. The van der Waals surface area contributed by atoms with Crippen LogP contribution < -0.4 is 4.74 Å². The monoisotopic (exact) mass is 274 g/mol. The molecular weight excluding hydrogens is 260 g/mol. The fraction of sp³-hybridized carbons (Fsp3) is 0.214. The Balaban J connectivity index is 1.91. The first-order valence-electron chi connectivity index (χ1n) is 5.84. The summed E-state index contributed by atoms with van der Waals surface area (Å²) in [6, 6.07) is 11.7. The lowest BCUT2D eigenvalue weighted by Crippen LogP contribution is -2.06. The van der Waals surface area contributed by atoms with Gasteiger partial charge in [-0.1, -0.05) is 30.3 Å². The Bertz CT molecular complexity index is 553. The van der Waals surface area contributed by atoms with Crippen LogP contribution in [0.4, 0.5) is 4.79 Å². The van der Waals surface area contributed by atoms with E-state index in [4.69, 9.17) is 4.74 Å². The Morgan fingerprint density at radius 1 is 1.16 bits per heavy atom. The molecule has 5 heteroatoms. The summed E-state index contributed by atoms with van der Waals surface area (Å²) in [5, 5.41) is -0.395. The van der Waals surface area contributed by atoms with Gasteiger partial charge in [-0.05, 0) is 37.2 Å². The fourth-order valence-corrected chi connectivity index (χ4v) is 2.17. The molecule has 1 aromatic carbocycles. The van der Waals surface area contributed by atoms with Gasteiger partial charge < -0.3 is 4.74 Å². The molecular formula is C14H14N2O2S. The molecule has 0 aliphatic heterocycles. The van der Waals surface area contributed by atoms with Gasteiger partial charge in [0.25, 0.3) is 0 Å². The Morgan fingerprint density at radius 3 is 2.42 bits per heavy atom. The number of rotatable bonds is 3. The maximum Gasteiger partial charge on any atom is 0.375 e. The second kappa shape index (κ2) is 6.33. The van der Waals surface area contributed by atoms with Crippen LogP contribution in [-0.4, -0.2) is 15.3 Å². The summed E-state index contributed by atoms with van der Waals surface area (Å²) in [6.45, 7) is 3.67. The van der Waals surface area contributed by atoms with Crippen LogP contribution >= 0.6 is 11.8 Å². The van der Waals surface area contributed by atoms with Gasteiger partial charge in [0, 0.05) is 17.1 Å². The lowest BCUT2D eigenvalue weighted by Gasteiger charge is -2.04. The van der Waals surface area contributed by atoms with E-state index in [9.17, 15) is 4.79 Å². The normalized spacial score (nSPS) is 10.2. The summed E-state index contributed by atoms with van der Waals surface area (Å²) in [5.74, 6) is 0.574. The number of carbonyl (C=O) groups is 1. The van der Waals surface area contributed by atoms with Crippen molar-refractivity contribution in [1.82, 2.24) is 9.97 Å². The van der Waals surface area contributed by atoms with Gasteiger partial charge in [-0.3, -0.25) is 0 Å². The number of aromatic nitrogens is 2. The number of benzene rings is 1. The molecule has 0 radical (unpaired) electrons. The number of hydrogen-bond acceptors (Lipinski definition) is 5. The Hall–Kier alpha value is -1.88. The van der Waals surface area contributed by atoms with Crippen LogP contribution in [0.1, 0.15) is 17.0 Å². The van der Waals surface area contributed by atoms with Gasteiger partial charge in [0.15, 0.2) is 0 Å². The lowest BCUT2D eigenvalue weighted by atomic mass is 10.2. The van der Waals surface area contributed by atoms with Crippen LogP contribution in [0.25, 0.3) is 0 Å². The minimum absolute atomic E-state index is 0.114. The average molecular weight is 274 g/mol. The van der Waals surface area contributed by atoms with E-state index in [0.29, 0.717) is 5.75 Å². The first-order valence-corrected chi connectivity index (χ1v) is 6.83. The van der Waals surface area contributed by atoms with Gasteiger partial charge in [0.1, 0.15) is 0 Å². The molecule has 2 rings (SSSR count). The molecule has 0 bridgehead atoms. The third kappa shape index (κ3) is 4.37. The second-order valence-electron chi connectivity index (χ2n) is 4.06. The number of ether oxygens (including phenoxy) is 1. The zero-order valence-corrected chi connectivity index (χ0v) is 11.6. The molecule has 98 valence electrons. The van der Waals surface area contributed by atoms with Gasteiger partial charge in [-0.2, -0.15) is 0 Å². The third-order valence-corrected chi connectivity index (χ3v) is 3.13. The molecule has 1 aromatic heterocycles. The molecule has 0 saturated carbocycles. The smallest absolute Gasteiger partial charge is 0.375 e. The minimum atomic E-state index is -0.395. The Labute approximate surface area is 116 Å². The predicted molar refractivity (Wildman–Crippen MR) is 75.3 cm³/mol. The topological polar surface area (TPSA) is 52.1 Å². The van der Waals surface area contributed by atoms with Crippen molar-refractivity contribution in [3.63, 3.8) is 0 Å². The van der Waals surface area contributed by atoms with Crippen molar-refractivity contribution in [2.75, 3.05) is 0 Å². The van der Waals surface area contributed by atoms with E-state index in [1.807, 2.05) is 50.2 Å². The van der Waals surface area contributed by atoms with Crippen molar-refractivity contribution in [3.8, 4) is 6.01 Å². The SMILES string of the molecule is Cc1cc(C)nc(OC(=O)SCc2ccccc2)n1. The summed E-state index contributed by atoms with van der Waals surface area (Å²) in [5.41, 5.74) is 2.64. The largest absolute Gasteiger partial charge is 0.382 e. The van der Waals surface area contributed by atoms with Crippen molar-refractivity contribution in [1.29, 1.82) is 0 Å². The zero-order valence-electron chi connectivity index (χ0n) is 10.8. The van der Waals surface area contributed by atoms with Gasteiger partial charge in [-0.25, -0.2) is 14.8 Å². The molecule has 0 N–H and O–H groups in total. The summed E-state index contributed by atoms with van der Waals surface area (Å²) >= 11 is 1.09. The molecule has 4 nitrogen and oxygen atoms in total. The van der Waals surface area contributed by atoms with E-state index in [1.165, 1.54) is 0 Å². The minimum Gasteiger partial charge on any atom is -0.382 e. The van der Waals surface area contributed by atoms with Crippen molar-refractivity contribution in [2.45, 2.75) is 19.6 Å². The van der Waals surface area contributed by atoms with Crippen LogP contribution in [0.5, 0.6) is 6.01 Å². The summed E-state index contributed by atoms with van der Waals surface area (Å²) in [4.78, 5) is 19.8. The van der Waals surface area contributed by atoms with Crippen LogP contribution in [0, 0.1) is 13.8 Å². The molecule has 0 fully saturated rings. The lowest BCUT2D eigenvalue weighted by molar-refractivity contribution is 0.223. The molecule has 19 heavy (non-hydrogen) atoms. The highest BCUT2D eigenvalue weighted by molar-refractivity contribution is 8.12. The number of thioether (sulfide) groups is 1. The summed E-state index contributed by atoms with van der Waals surface area (Å²) in [6.07, 6.45) is 0. The summed E-state index contributed by atoms with van der Waals surface area (Å²) < 4.78 is 5.10. The van der Waals surface area contributed by atoms with E-state index in [2.05, 4.69) is 9.97 Å². The van der Waals surface area contributed by atoms with Crippen LogP contribution in [0.15, 0.2) is 36.4 Å². The molecule has 0 saturated heterocycles. The first kappa shape index (κ1) is 13.5. The number of nitrogens with zero attached hydrogens (tertiary/aromatic N) is 2. The first-order chi connectivity index (χ1) is 9.13. The van der Waals surface area contributed by atoms with Gasteiger partial charge in [0.05, 0.1) is 0 Å². The highest BCUT2D eigenvalue weighted by atomic mass is 32.2. The molecule has 0 aliphatic carbocycles. The van der Waals surface area contributed by atoms with E-state index < -0.39 is 5.30 Å². The van der Waals surface area contributed by atoms with Crippen LogP contribution in [0.3, 0.4) is 0 Å². The molecule has 0 atom stereocenters. The zero-order chi connectivity index (χ0) is 13.7. The summed E-state index contributed by atoms with van der Waals surface area (Å²) in [7, 11) is 0. The molecule has 0 amide bonds. The van der Waals surface area contributed by atoms with E-state index >= 15 is 0 Å². The predicted octanol–water partition coefficient (Wildman–Crippen LogP) is 3.53.